The second kappa shape index (κ2) is 4.25. The smallest absolute Gasteiger partial charge is 0.354 e. The van der Waals surface area contributed by atoms with Crippen LogP contribution >= 0.6 is 0 Å². The molecule has 88 valence electrons. The molecule has 2 aromatic rings. The number of rotatable bonds is 3. The summed E-state index contributed by atoms with van der Waals surface area (Å²) in [5.74, 6) is -0.504. The molecule has 1 N–H and O–H groups in total. The van der Waals surface area contributed by atoms with Crippen molar-refractivity contribution in [1.82, 2.24) is 14.8 Å². The number of carbonyl (C=O) groups is 1. The summed E-state index contributed by atoms with van der Waals surface area (Å²) >= 11 is 0. The molecular formula is C11H11N3O3. The van der Waals surface area contributed by atoms with Crippen molar-refractivity contribution in [1.29, 1.82) is 0 Å². The molecule has 2 aromatic heterocycles. The zero-order valence-corrected chi connectivity index (χ0v) is 9.41. The first-order valence-corrected chi connectivity index (χ1v) is 4.89. The average molecular weight is 233 g/mol. The summed E-state index contributed by atoms with van der Waals surface area (Å²) in [7, 11) is 3.12. The van der Waals surface area contributed by atoms with Crippen LogP contribution in [0.3, 0.4) is 0 Å². The second-order valence-electron chi connectivity index (χ2n) is 3.43. The fourth-order valence-corrected chi connectivity index (χ4v) is 1.46. The Hall–Kier alpha value is -2.37. The van der Waals surface area contributed by atoms with Gasteiger partial charge in [-0.3, -0.25) is 4.68 Å². The Balaban J connectivity index is 2.39. The molecule has 0 unspecified atom stereocenters. The molecular weight excluding hydrogens is 222 g/mol. The lowest BCUT2D eigenvalue weighted by Gasteiger charge is -1.98. The molecule has 17 heavy (non-hydrogen) atoms. The first kappa shape index (κ1) is 11.1. The van der Waals surface area contributed by atoms with Crippen molar-refractivity contribution in [3.63, 3.8) is 0 Å². The van der Waals surface area contributed by atoms with Crippen LogP contribution in [-0.2, 0) is 7.05 Å². The van der Waals surface area contributed by atoms with Crippen molar-refractivity contribution in [2.75, 3.05) is 7.11 Å². The predicted octanol–water partition coefficient (Wildman–Crippen LogP) is 1.19. The van der Waals surface area contributed by atoms with Crippen LogP contribution in [0.5, 0.6) is 5.88 Å². The second-order valence-corrected chi connectivity index (χ2v) is 3.43. The molecule has 6 nitrogen and oxygen atoms in total. The number of pyridine rings is 1. The minimum Gasteiger partial charge on any atom is -0.481 e. The van der Waals surface area contributed by atoms with Gasteiger partial charge in [0.15, 0.2) is 0 Å². The monoisotopic (exact) mass is 233 g/mol. The molecule has 2 rings (SSSR count). The van der Waals surface area contributed by atoms with E-state index in [1.807, 2.05) is 0 Å². The topological polar surface area (TPSA) is 77.2 Å². The summed E-state index contributed by atoms with van der Waals surface area (Å²) in [6, 6.07) is 4.98. The van der Waals surface area contributed by atoms with Gasteiger partial charge in [-0.15, -0.1) is 0 Å². The molecule has 0 spiro atoms. The summed E-state index contributed by atoms with van der Waals surface area (Å²) < 4.78 is 6.26. The minimum absolute atomic E-state index is 0.135. The quantitative estimate of drug-likeness (QED) is 0.861. The molecule has 0 aliphatic rings. The highest BCUT2D eigenvalue weighted by molar-refractivity contribution is 5.87. The van der Waals surface area contributed by atoms with E-state index in [0.29, 0.717) is 11.6 Å². The summed E-state index contributed by atoms with van der Waals surface area (Å²) in [5, 5.41) is 13.0. The normalized spacial score (nSPS) is 10.2. The molecule has 0 radical (unpaired) electrons. The number of aryl methyl sites for hydroxylation is 1. The highest BCUT2D eigenvalue weighted by Crippen LogP contribution is 2.19. The summed E-state index contributed by atoms with van der Waals surface area (Å²) in [4.78, 5) is 14.9. The van der Waals surface area contributed by atoms with E-state index < -0.39 is 5.97 Å². The van der Waals surface area contributed by atoms with Crippen molar-refractivity contribution < 1.29 is 14.6 Å². The molecule has 0 aliphatic carbocycles. The van der Waals surface area contributed by atoms with Gasteiger partial charge in [0.25, 0.3) is 0 Å². The predicted molar refractivity (Wildman–Crippen MR) is 60.0 cm³/mol. The number of carboxylic acid groups (broad SMARTS) is 1. The highest BCUT2D eigenvalue weighted by atomic mass is 16.5. The minimum atomic E-state index is -1.01. The fraction of sp³-hybridized carbons (Fsp3) is 0.182. The Kier molecular flexibility index (Phi) is 2.78. The van der Waals surface area contributed by atoms with E-state index in [9.17, 15) is 4.79 Å². The maximum atomic E-state index is 10.9. The zero-order chi connectivity index (χ0) is 12.4. The van der Waals surface area contributed by atoms with Gasteiger partial charge < -0.3 is 9.84 Å². The van der Waals surface area contributed by atoms with Crippen molar-refractivity contribution in [2.24, 2.45) is 7.05 Å². The van der Waals surface area contributed by atoms with Gasteiger partial charge in [-0.1, -0.05) is 0 Å². The van der Waals surface area contributed by atoms with Crippen LogP contribution in [0.2, 0.25) is 0 Å². The van der Waals surface area contributed by atoms with Gasteiger partial charge in [-0.25, -0.2) is 9.78 Å². The van der Waals surface area contributed by atoms with Crippen LogP contribution in [0.15, 0.2) is 24.4 Å². The number of nitrogens with zero attached hydrogens (tertiary/aromatic N) is 3. The summed E-state index contributed by atoms with van der Waals surface area (Å²) in [6.45, 7) is 0. The number of hydrogen-bond donors (Lipinski definition) is 1. The number of aromatic nitrogens is 3. The molecule has 0 fully saturated rings. The molecule has 0 bridgehead atoms. The Labute approximate surface area is 97.5 Å². The standard InChI is InChI=1S/C11H11N3O3/c1-14-9(11(15)16)5-8(13-14)7-3-4-10(17-2)12-6-7/h3-6H,1-2H3,(H,15,16). The molecule has 0 aromatic carbocycles. The summed E-state index contributed by atoms with van der Waals surface area (Å²) in [5.41, 5.74) is 1.45. The SMILES string of the molecule is COc1ccc(-c2cc(C(=O)O)n(C)n2)cn1. The zero-order valence-electron chi connectivity index (χ0n) is 9.41. The van der Waals surface area contributed by atoms with Gasteiger partial charge in [0.05, 0.1) is 12.8 Å². The highest BCUT2D eigenvalue weighted by Gasteiger charge is 2.12. The molecule has 2 heterocycles. The van der Waals surface area contributed by atoms with E-state index in [-0.39, 0.29) is 5.69 Å². The number of carboxylic acids is 1. The number of ether oxygens (including phenoxy) is 1. The molecule has 0 aliphatic heterocycles. The lowest BCUT2D eigenvalue weighted by molar-refractivity contribution is 0.0685. The molecule has 0 saturated heterocycles. The van der Waals surface area contributed by atoms with Crippen molar-refractivity contribution >= 4 is 5.97 Å². The van der Waals surface area contributed by atoms with Crippen LogP contribution < -0.4 is 4.74 Å². The number of hydrogen-bond acceptors (Lipinski definition) is 4. The molecule has 6 heteroatoms. The van der Waals surface area contributed by atoms with Gasteiger partial charge >= 0.3 is 5.97 Å². The van der Waals surface area contributed by atoms with E-state index in [1.54, 1.807) is 25.4 Å². The van der Waals surface area contributed by atoms with Crippen molar-refractivity contribution in [2.45, 2.75) is 0 Å². The first-order valence-electron chi connectivity index (χ1n) is 4.89. The maximum absolute atomic E-state index is 10.9. The van der Waals surface area contributed by atoms with E-state index in [0.717, 1.165) is 5.56 Å². The van der Waals surface area contributed by atoms with E-state index >= 15 is 0 Å². The first-order chi connectivity index (χ1) is 8.11. The third-order valence-corrected chi connectivity index (χ3v) is 2.34. The Morgan fingerprint density at radius 3 is 2.71 bits per heavy atom. The van der Waals surface area contributed by atoms with Gasteiger partial charge in [-0.05, 0) is 12.1 Å². The van der Waals surface area contributed by atoms with Gasteiger partial charge in [0.1, 0.15) is 5.69 Å². The lowest BCUT2D eigenvalue weighted by Crippen LogP contribution is -2.04. The van der Waals surface area contributed by atoms with Crippen LogP contribution in [0.1, 0.15) is 10.5 Å². The van der Waals surface area contributed by atoms with Gasteiger partial charge in [0.2, 0.25) is 5.88 Å². The van der Waals surface area contributed by atoms with Gasteiger partial charge in [0, 0.05) is 24.9 Å². The largest absolute Gasteiger partial charge is 0.481 e. The maximum Gasteiger partial charge on any atom is 0.354 e. The van der Waals surface area contributed by atoms with E-state index in [4.69, 9.17) is 9.84 Å². The van der Waals surface area contributed by atoms with Crippen molar-refractivity contribution in [3.05, 3.63) is 30.1 Å². The van der Waals surface area contributed by atoms with Gasteiger partial charge in [-0.2, -0.15) is 5.10 Å². The van der Waals surface area contributed by atoms with Crippen LogP contribution in [0, 0.1) is 0 Å². The Morgan fingerprint density at radius 2 is 2.24 bits per heavy atom. The average Bonchev–Trinajstić information content (AvgIpc) is 2.71. The van der Waals surface area contributed by atoms with E-state index in [1.165, 1.54) is 17.9 Å². The fourth-order valence-electron chi connectivity index (χ4n) is 1.46. The summed E-state index contributed by atoms with van der Waals surface area (Å²) in [6.07, 6.45) is 1.59. The van der Waals surface area contributed by atoms with Crippen LogP contribution in [0.25, 0.3) is 11.3 Å². The molecule has 0 saturated carbocycles. The molecule has 0 amide bonds. The third kappa shape index (κ3) is 2.10. The van der Waals surface area contributed by atoms with E-state index in [2.05, 4.69) is 10.1 Å². The Bertz CT molecular complexity index is 546. The molecule has 0 atom stereocenters. The number of methoxy groups -OCH3 is 1. The number of aromatic carboxylic acids is 1. The lowest BCUT2D eigenvalue weighted by atomic mass is 10.2. The Morgan fingerprint density at radius 1 is 1.47 bits per heavy atom. The third-order valence-electron chi connectivity index (χ3n) is 2.34. The van der Waals surface area contributed by atoms with Crippen LogP contribution in [-0.4, -0.2) is 33.0 Å². The van der Waals surface area contributed by atoms with Crippen molar-refractivity contribution in [3.8, 4) is 17.1 Å². The van der Waals surface area contributed by atoms with Crippen LogP contribution in [0.4, 0.5) is 0 Å².